The van der Waals surface area contributed by atoms with E-state index in [2.05, 4.69) is 36.3 Å². The minimum atomic E-state index is -0.486. The van der Waals surface area contributed by atoms with Gasteiger partial charge in [0, 0.05) is 39.5 Å². The van der Waals surface area contributed by atoms with E-state index in [4.69, 9.17) is 0 Å². The van der Waals surface area contributed by atoms with Crippen molar-refractivity contribution in [3.63, 3.8) is 0 Å². The van der Waals surface area contributed by atoms with Crippen LogP contribution in [0.15, 0.2) is 24.4 Å². The number of carbonyl (C=O) groups is 2. The first-order valence-corrected chi connectivity index (χ1v) is 9.76. The van der Waals surface area contributed by atoms with Gasteiger partial charge in [0.05, 0.1) is 34.9 Å². The van der Waals surface area contributed by atoms with Gasteiger partial charge in [0.25, 0.3) is 5.91 Å². The Morgan fingerprint density at radius 1 is 1.12 bits per heavy atom. The number of urea groups is 1. The van der Waals surface area contributed by atoms with E-state index in [1.54, 1.807) is 11.6 Å². The zero-order valence-electron chi connectivity index (χ0n) is 17.9. The smallest absolute Gasteiger partial charge is 0.320 e. The molecular weight excluding hydrogens is 417 g/mol. The van der Waals surface area contributed by atoms with Crippen molar-refractivity contribution in [2.45, 2.75) is 13.5 Å². The number of aromatic nitrogens is 4. The number of hydrogen-bond donors (Lipinski definition) is 4. The van der Waals surface area contributed by atoms with Crippen LogP contribution < -0.4 is 26.2 Å². The van der Waals surface area contributed by atoms with Crippen LogP contribution in [0.25, 0.3) is 5.69 Å². The van der Waals surface area contributed by atoms with Crippen LogP contribution in [0.3, 0.4) is 0 Å². The van der Waals surface area contributed by atoms with E-state index in [-0.39, 0.29) is 17.3 Å². The number of carbonyl (C=O) groups excluding carboxylic acids is 2. The van der Waals surface area contributed by atoms with Crippen LogP contribution in [0.1, 0.15) is 22.0 Å². The van der Waals surface area contributed by atoms with Crippen molar-refractivity contribution in [3.05, 3.63) is 47.4 Å². The van der Waals surface area contributed by atoms with E-state index < -0.39 is 11.8 Å². The van der Waals surface area contributed by atoms with Gasteiger partial charge < -0.3 is 20.9 Å². The van der Waals surface area contributed by atoms with Gasteiger partial charge in [-0.15, -0.1) is 0 Å². The Labute approximate surface area is 183 Å². The summed E-state index contributed by atoms with van der Waals surface area (Å²) in [6.07, 6.45) is 1.33. The highest BCUT2D eigenvalue weighted by molar-refractivity contribution is 6.01. The number of hydrogen-bond acceptors (Lipinski definition) is 7. The molecule has 0 bridgehead atoms. The van der Waals surface area contributed by atoms with Crippen LogP contribution in [0.4, 0.5) is 32.1 Å². The Morgan fingerprint density at radius 2 is 1.91 bits per heavy atom. The molecule has 1 aliphatic heterocycles. The molecule has 0 spiro atoms. The lowest BCUT2D eigenvalue weighted by Crippen LogP contribution is -2.27. The zero-order valence-corrected chi connectivity index (χ0v) is 17.9. The number of nitrogens with zero attached hydrogens (tertiary/aromatic N) is 5. The fourth-order valence-electron chi connectivity index (χ4n) is 3.55. The number of rotatable bonds is 4. The molecule has 4 N–H and O–H groups in total. The monoisotopic (exact) mass is 439 g/mol. The highest BCUT2D eigenvalue weighted by Gasteiger charge is 2.27. The summed E-state index contributed by atoms with van der Waals surface area (Å²) in [5, 5.41) is 15.1. The van der Waals surface area contributed by atoms with Crippen molar-refractivity contribution in [1.29, 1.82) is 0 Å². The average Bonchev–Trinajstić information content (AvgIpc) is 3.13. The summed E-state index contributed by atoms with van der Waals surface area (Å²) in [4.78, 5) is 34.5. The molecule has 3 heterocycles. The van der Waals surface area contributed by atoms with Crippen molar-refractivity contribution in [3.8, 4) is 5.69 Å². The van der Waals surface area contributed by atoms with Gasteiger partial charge in [-0.1, -0.05) is 0 Å². The van der Waals surface area contributed by atoms with Crippen LogP contribution in [0.5, 0.6) is 0 Å². The molecule has 166 valence electrons. The predicted molar refractivity (Wildman–Crippen MR) is 117 cm³/mol. The first-order chi connectivity index (χ1) is 15.3. The maximum atomic E-state index is 14.6. The highest BCUT2D eigenvalue weighted by atomic mass is 19.1. The first-order valence-electron chi connectivity index (χ1n) is 9.76. The number of halogens is 1. The van der Waals surface area contributed by atoms with Gasteiger partial charge in [-0.05, 0) is 13.0 Å². The molecule has 3 aromatic rings. The number of pyridine rings is 1. The molecular formula is C20H22FN9O2. The van der Waals surface area contributed by atoms with E-state index in [1.165, 1.54) is 38.5 Å². The maximum absolute atomic E-state index is 14.6. The normalized spacial score (nSPS) is 12.0. The van der Waals surface area contributed by atoms with Crippen LogP contribution >= 0.6 is 0 Å². The second kappa shape index (κ2) is 8.13. The highest BCUT2D eigenvalue weighted by Crippen LogP contribution is 2.39. The van der Waals surface area contributed by atoms with Gasteiger partial charge in [-0.3, -0.25) is 10.1 Å². The molecule has 12 heteroatoms. The van der Waals surface area contributed by atoms with Crippen LogP contribution in [0, 0.1) is 12.7 Å². The third-order valence-electron chi connectivity index (χ3n) is 4.94. The van der Waals surface area contributed by atoms with Crippen molar-refractivity contribution in [1.82, 2.24) is 30.4 Å². The SMILES string of the molecule is CNC(=O)Nc1cc(Nc2cc(F)cc3c2N(C)Cc2nc(C)nn2-3)c(C(=O)NC)cn1. The van der Waals surface area contributed by atoms with Gasteiger partial charge in [0.1, 0.15) is 17.5 Å². The third kappa shape index (κ3) is 3.77. The second-order valence-electron chi connectivity index (χ2n) is 7.19. The summed E-state index contributed by atoms with van der Waals surface area (Å²) in [5.41, 5.74) is 2.19. The van der Waals surface area contributed by atoms with Crippen LogP contribution in [-0.2, 0) is 6.54 Å². The fourth-order valence-corrected chi connectivity index (χ4v) is 3.55. The van der Waals surface area contributed by atoms with Crippen molar-refractivity contribution in [2.75, 3.05) is 36.7 Å². The molecule has 4 rings (SSSR count). The van der Waals surface area contributed by atoms with E-state index in [9.17, 15) is 14.0 Å². The Bertz CT molecular complexity index is 1220. The number of aryl methyl sites for hydroxylation is 1. The van der Waals surface area contributed by atoms with Gasteiger partial charge in [-0.25, -0.2) is 23.8 Å². The minimum Gasteiger partial charge on any atom is -0.364 e. The maximum Gasteiger partial charge on any atom is 0.320 e. The summed E-state index contributed by atoms with van der Waals surface area (Å²) >= 11 is 0. The summed E-state index contributed by atoms with van der Waals surface area (Å²) in [6, 6.07) is 3.77. The molecule has 0 saturated heterocycles. The van der Waals surface area contributed by atoms with Crippen molar-refractivity contribution in [2.24, 2.45) is 0 Å². The molecule has 0 saturated carbocycles. The fraction of sp³-hybridized carbons (Fsp3) is 0.250. The number of nitrogens with one attached hydrogen (secondary N) is 4. The molecule has 2 aromatic heterocycles. The third-order valence-corrected chi connectivity index (χ3v) is 4.94. The summed E-state index contributed by atoms with van der Waals surface area (Å²) in [7, 11) is 4.83. The largest absolute Gasteiger partial charge is 0.364 e. The minimum absolute atomic E-state index is 0.215. The van der Waals surface area contributed by atoms with E-state index in [1.807, 2.05) is 11.9 Å². The van der Waals surface area contributed by atoms with E-state index in [0.717, 1.165) is 0 Å². The molecule has 11 nitrogen and oxygen atoms in total. The standard InChI is InChI=1S/C20H22FN9O2/c1-10-25-17-9-29(4)18-14(5-11(21)6-15(18)30(17)28-10)26-13-7-16(27-20(32)23-3)24-8-12(13)19(31)22-2/h5-8H,9H2,1-4H3,(H,22,31)(H3,23,24,26,27,32). The Balaban J connectivity index is 1.83. The molecule has 32 heavy (non-hydrogen) atoms. The molecule has 1 aliphatic rings. The molecule has 0 radical (unpaired) electrons. The molecule has 0 atom stereocenters. The van der Waals surface area contributed by atoms with Gasteiger partial charge in [0.15, 0.2) is 5.82 Å². The summed E-state index contributed by atoms with van der Waals surface area (Å²) in [5.74, 6) is 0.619. The Hall–Kier alpha value is -4.22. The van der Waals surface area contributed by atoms with Crippen LogP contribution in [0.2, 0.25) is 0 Å². The number of anilines is 4. The first kappa shape index (κ1) is 21.0. The van der Waals surface area contributed by atoms with Crippen LogP contribution in [-0.4, -0.2) is 52.8 Å². The summed E-state index contributed by atoms with van der Waals surface area (Å²) < 4.78 is 16.2. The Kier molecular flexibility index (Phi) is 5.34. The lowest BCUT2D eigenvalue weighted by Gasteiger charge is -2.30. The number of amides is 3. The predicted octanol–water partition coefficient (Wildman–Crippen LogP) is 1.91. The van der Waals surface area contributed by atoms with Crippen molar-refractivity contribution < 1.29 is 14.0 Å². The Morgan fingerprint density at radius 3 is 2.62 bits per heavy atom. The molecule has 0 aliphatic carbocycles. The second-order valence-corrected chi connectivity index (χ2v) is 7.19. The molecule has 0 unspecified atom stereocenters. The van der Waals surface area contributed by atoms with E-state index >= 15 is 0 Å². The van der Waals surface area contributed by atoms with Gasteiger partial charge in [-0.2, -0.15) is 5.10 Å². The lowest BCUT2D eigenvalue weighted by atomic mass is 10.1. The lowest BCUT2D eigenvalue weighted by molar-refractivity contribution is 0.0963. The topological polar surface area (TPSA) is 129 Å². The quantitative estimate of drug-likeness (QED) is 0.489. The molecule has 0 fully saturated rings. The molecule has 3 amide bonds. The van der Waals surface area contributed by atoms with Crippen molar-refractivity contribution >= 4 is 34.8 Å². The van der Waals surface area contributed by atoms with Gasteiger partial charge >= 0.3 is 6.03 Å². The van der Waals surface area contributed by atoms with E-state index in [0.29, 0.717) is 40.9 Å². The number of fused-ring (bicyclic) bond motifs is 3. The number of benzene rings is 1. The van der Waals surface area contributed by atoms with Gasteiger partial charge in [0.2, 0.25) is 0 Å². The molecule has 1 aromatic carbocycles. The summed E-state index contributed by atoms with van der Waals surface area (Å²) in [6.45, 7) is 2.24. The zero-order chi connectivity index (χ0) is 23.0. The average molecular weight is 439 g/mol.